The van der Waals surface area contributed by atoms with E-state index >= 15 is 0 Å². The summed E-state index contributed by atoms with van der Waals surface area (Å²) in [7, 11) is -3.40. The van der Waals surface area contributed by atoms with Crippen LogP contribution in [0.2, 0.25) is 0 Å². The van der Waals surface area contributed by atoms with Crippen molar-refractivity contribution in [2.45, 2.75) is 34.8 Å². The van der Waals surface area contributed by atoms with E-state index in [1.165, 1.54) is 10.6 Å². The summed E-state index contributed by atoms with van der Waals surface area (Å²) in [6, 6.07) is 4.77. The molecule has 0 atom stereocenters. The van der Waals surface area contributed by atoms with E-state index in [0.717, 1.165) is 24.4 Å². The largest absolute Gasteiger partial charge is 0.397 e. The van der Waals surface area contributed by atoms with Crippen LogP contribution in [-0.4, -0.2) is 29.4 Å². The molecular weight excluding hydrogens is 312 g/mol. The first kappa shape index (κ1) is 15.6. The summed E-state index contributed by atoms with van der Waals surface area (Å²) in [4.78, 5) is 12.3. The normalized spacial score (nSPS) is 11.7. The monoisotopic (exact) mass is 328 g/mol. The number of benzene rings is 1. The van der Waals surface area contributed by atoms with Gasteiger partial charge in [0.25, 0.3) is 0 Å². The van der Waals surface area contributed by atoms with E-state index in [2.05, 4.69) is 10.2 Å². The molecule has 1 aromatic carbocycles. The molecule has 0 unspecified atom stereocenters. The predicted octanol–water partition coefficient (Wildman–Crippen LogP) is 1.12. The van der Waals surface area contributed by atoms with Gasteiger partial charge in [-0.05, 0) is 30.3 Å². The van der Waals surface area contributed by atoms with Crippen LogP contribution in [0.3, 0.4) is 0 Å². The number of nitrogens with one attached hydrogen (secondary N) is 1. The van der Waals surface area contributed by atoms with Gasteiger partial charge in [0.05, 0.1) is 10.6 Å². The van der Waals surface area contributed by atoms with Crippen molar-refractivity contribution in [2.75, 3.05) is 12.0 Å². The number of hydrogen-bond donors (Lipinski definition) is 2. The molecule has 3 N–H and O–H groups in total. The molecule has 0 saturated heterocycles. The van der Waals surface area contributed by atoms with Crippen LogP contribution in [0.15, 0.2) is 37.9 Å². The molecular formula is C12H16N4O3S2. The highest BCUT2D eigenvalue weighted by Crippen LogP contribution is 2.33. The van der Waals surface area contributed by atoms with Gasteiger partial charge in [-0.15, -0.1) is 5.10 Å². The Morgan fingerprint density at radius 3 is 2.76 bits per heavy atom. The Balaban J connectivity index is 2.44. The lowest BCUT2D eigenvalue weighted by Gasteiger charge is -2.09. The van der Waals surface area contributed by atoms with Gasteiger partial charge in [-0.3, -0.25) is 4.57 Å². The molecule has 2 rings (SSSR count). The topological polar surface area (TPSA) is 111 Å². The SMILES string of the molecule is CCCn1c(Sc2cccc(S(C)(=O)=O)c2N)n[nH]c1=O. The van der Waals surface area contributed by atoms with E-state index in [1.54, 1.807) is 12.1 Å². The van der Waals surface area contributed by atoms with Crippen LogP contribution in [0.25, 0.3) is 0 Å². The van der Waals surface area contributed by atoms with Crippen molar-refractivity contribution in [1.29, 1.82) is 0 Å². The quantitative estimate of drug-likeness (QED) is 0.796. The van der Waals surface area contributed by atoms with Gasteiger partial charge in [-0.2, -0.15) is 0 Å². The van der Waals surface area contributed by atoms with Gasteiger partial charge in [0.1, 0.15) is 0 Å². The van der Waals surface area contributed by atoms with Crippen LogP contribution in [0.5, 0.6) is 0 Å². The molecule has 1 heterocycles. The van der Waals surface area contributed by atoms with Crippen LogP contribution in [-0.2, 0) is 16.4 Å². The molecule has 0 fully saturated rings. The number of anilines is 1. The maximum Gasteiger partial charge on any atom is 0.343 e. The second kappa shape index (κ2) is 5.94. The number of aromatic nitrogens is 3. The van der Waals surface area contributed by atoms with Gasteiger partial charge in [0.15, 0.2) is 15.0 Å². The van der Waals surface area contributed by atoms with E-state index in [-0.39, 0.29) is 16.3 Å². The molecule has 1 aromatic heterocycles. The Hall–Kier alpha value is -1.74. The maximum absolute atomic E-state index is 11.7. The average Bonchev–Trinajstić information content (AvgIpc) is 2.73. The molecule has 0 saturated carbocycles. The third kappa shape index (κ3) is 3.30. The van der Waals surface area contributed by atoms with Crippen molar-refractivity contribution in [2.24, 2.45) is 0 Å². The van der Waals surface area contributed by atoms with E-state index in [1.807, 2.05) is 6.92 Å². The summed E-state index contributed by atoms with van der Waals surface area (Å²) < 4.78 is 24.8. The Kier molecular flexibility index (Phi) is 4.43. The Labute approximate surface area is 126 Å². The average molecular weight is 328 g/mol. The lowest BCUT2D eigenvalue weighted by molar-refractivity contribution is 0.601. The fraction of sp³-hybridized carbons (Fsp3) is 0.333. The molecule has 0 amide bonds. The Morgan fingerprint density at radius 1 is 1.43 bits per heavy atom. The lowest BCUT2D eigenvalue weighted by Crippen LogP contribution is -2.17. The van der Waals surface area contributed by atoms with Gasteiger partial charge in [0.2, 0.25) is 0 Å². The van der Waals surface area contributed by atoms with Crippen LogP contribution in [0, 0.1) is 0 Å². The van der Waals surface area contributed by atoms with Crippen molar-refractivity contribution < 1.29 is 8.42 Å². The molecule has 114 valence electrons. The zero-order valence-electron chi connectivity index (χ0n) is 11.7. The van der Waals surface area contributed by atoms with Crippen LogP contribution in [0.1, 0.15) is 13.3 Å². The van der Waals surface area contributed by atoms with Crippen molar-refractivity contribution in [3.05, 3.63) is 28.7 Å². The number of nitrogens with zero attached hydrogens (tertiary/aromatic N) is 2. The van der Waals surface area contributed by atoms with Crippen molar-refractivity contribution in [3.8, 4) is 0 Å². The standard InChI is InChI=1S/C12H16N4O3S2/c1-3-7-16-11(17)14-15-12(16)20-8-5-4-6-9(10(8)13)21(2,18)19/h4-6H,3,7,13H2,1-2H3,(H,14,17). The van der Waals surface area contributed by atoms with E-state index in [0.29, 0.717) is 16.6 Å². The highest BCUT2D eigenvalue weighted by Gasteiger charge is 2.17. The van der Waals surface area contributed by atoms with Crippen molar-refractivity contribution in [3.63, 3.8) is 0 Å². The second-order valence-electron chi connectivity index (χ2n) is 4.51. The third-order valence-electron chi connectivity index (χ3n) is 2.80. The number of aromatic amines is 1. The highest BCUT2D eigenvalue weighted by molar-refractivity contribution is 7.99. The number of nitrogens with two attached hydrogens (primary N) is 1. The van der Waals surface area contributed by atoms with Gasteiger partial charge in [-0.25, -0.2) is 18.3 Å². The number of hydrogen-bond acceptors (Lipinski definition) is 6. The first-order valence-electron chi connectivity index (χ1n) is 6.26. The molecule has 0 aliphatic rings. The first-order chi connectivity index (χ1) is 9.84. The number of nitrogen functional groups attached to an aromatic ring is 1. The van der Waals surface area contributed by atoms with Gasteiger partial charge in [-0.1, -0.05) is 13.0 Å². The number of rotatable bonds is 5. The van der Waals surface area contributed by atoms with Gasteiger partial charge < -0.3 is 5.73 Å². The maximum atomic E-state index is 11.7. The predicted molar refractivity (Wildman–Crippen MR) is 81.2 cm³/mol. The summed E-state index contributed by atoms with van der Waals surface area (Å²) in [6.45, 7) is 2.48. The van der Waals surface area contributed by atoms with E-state index in [4.69, 9.17) is 5.73 Å². The fourth-order valence-corrected chi connectivity index (χ4v) is 3.68. The molecule has 0 bridgehead atoms. The zero-order chi connectivity index (χ0) is 15.6. The second-order valence-corrected chi connectivity index (χ2v) is 7.50. The molecule has 0 radical (unpaired) electrons. The Bertz CT molecular complexity index is 808. The van der Waals surface area contributed by atoms with Crippen LogP contribution >= 0.6 is 11.8 Å². The molecule has 9 heteroatoms. The summed E-state index contributed by atoms with van der Waals surface area (Å²) in [5, 5.41) is 6.79. The minimum absolute atomic E-state index is 0.0763. The Morgan fingerprint density at radius 2 is 2.14 bits per heavy atom. The fourth-order valence-electron chi connectivity index (χ4n) is 1.84. The van der Waals surface area contributed by atoms with Crippen molar-refractivity contribution in [1.82, 2.24) is 14.8 Å². The summed E-state index contributed by atoms with van der Waals surface area (Å²) in [5.74, 6) is 0. The smallest absolute Gasteiger partial charge is 0.343 e. The van der Waals surface area contributed by atoms with Gasteiger partial charge in [0, 0.05) is 17.7 Å². The number of para-hydroxylation sites is 1. The van der Waals surface area contributed by atoms with E-state index in [9.17, 15) is 13.2 Å². The molecule has 2 aromatic rings. The number of sulfone groups is 1. The number of H-pyrrole nitrogens is 1. The molecule has 7 nitrogen and oxygen atoms in total. The third-order valence-corrected chi connectivity index (χ3v) is 5.02. The molecule has 21 heavy (non-hydrogen) atoms. The van der Waals surface area contributed by atoms with Gasteiger partial charge >= 0.3 is 5.69 Å². The summed E-state index contributed by atoms with van der Waals surface area (Å²) in [6.07, 6.45) is 1.89. The van der Waals surface area contributed by atoms with Crippen LogP contribution < -0.4 is 11.4 Å². The summed E-state index contributed by atoms with van der Waals surface area (Å²) in [5.41, 5.74) is 5.80. The first-order valence-corrected chi connectivity index (χ1v) is 8.97. The lowest BCUT2D eigenvalue weighted by atomic mass is 10.3. The highest BCUT2D eigenvalue weighted by atomic mass is 32.2. The zero-order valence-corrected chi connectivity index (χ0v) is 13.3. The van der Waals surface area contributed by atoms with Crippen molar-refractivity contribution >= 4 is 27.3 Å². The molecule has 0 aliphatic heterocycles. The summed E-state index contributed by atoms with van der Waals surface area (Å²) >= 11 is 1.16. The van der Waals surface area contributed by atoms with Crippen LogP contribution in [0.4, 0.5) is 5.69 Å². The van der Waals surface area contributed by atoms with E-state index < -0.39 is 9.84 Å². The minimum Gasteiger partial charge on any atom is -0.397 e. The molecule has 0 spiro atoms. The molecule has 0 aliphatic carbocycles. The minimum atomic E-state index is -3.40.